The number of nitrogens with zero attached hydrogens (tertiary/aromatic N) is 1. The van der Waals surface area contributed by atoms with Crippen LogP contribution in [0.5, 0.6) is 0 Å². The van der Waals surface area contributed by atoms with Gasteiger partial charge in [-0.25, -0.2) is 0 Å². The van der Waals surface area contributed by atoms with Gasteiger partial charge in [0, 0.05) is 17.1 Å². The Hall–Kier alpha value is -1.06. The lowest BCUT2D eigenvalue weighted by Gasteiger charge is -2.23. The van der Waals surface area contributed by atoms with E-state index < -0.39 is 0 Å². The van der Waals surface area contributed by atoms with E-state index in [1.54, 1.807) is 0 Å². The van der Waals surface area contributed by atoms with Gasteiger partial charge in [-0.15, -0.1) is 0 Å². The van der Waals surface area contributed by atoms with Crippen molar-refractivity contribution in [1.29, 1.82) is 0 Å². The first-order chi connectivity index (χ1) is 9.28. The summed E-state index contributed by atoms with van der Waals surface area (Å²) in [5, 5.41) is 4.75. The van der Waals surface area contributed by atoms with E-state index in [2.05, 4.69) is 59.4 Å². The quantitative estimate of drug-likeness (QED) is 0.925. The van der Waals surface area contributed by atoms with Crippen LogP contribution in [-0.4, -0.2) is 23.5 Å². The van der Waals surface area contributed by atoms with Crippen molar-refractivity contribution in [2.75, 3.05) is 18.6 Å². The van der Waals surface area contributed by atoms with E-state index in [0.717, 1.165) is 17.1 Å². The predicted molar refractivity (Wildman–Crippen MR) is 83.7 cm³/mol. The maximum atomic E-state index is 4.57. The highest BCUT2D eigenvalue weighted by molar-refractivity contribution is 7.99. The molecule has 3 rings (SSSR count). The molecule has 1 aliphatic heterocycles. The highest BCUT2D eigenvalue weighted by atomic mass is 32.2. The largest absolute Gasteiger partial charge is 0.313 e. The van der Waals surface area contributed by atoms with E-state index in [0.29, 0.717) is 6.04 Å². The summed E-state index contributed by atoms with van der Waals surface area (Å²) in [4.78, 5) is 4.57. The lowest BCUT2D eigenvalue weighted by atomic mass is 9.92. The Morgan fingerprint density at radius 2 is 2.21 bits per heavy atom. The summed E-state index contributed by atoms with van der Waals surface area (Å²) in [6.45, 7) is 2.04. The SMILES string of the molecule is CNC(c1ccc2nc(C)ccc2c1)C1CCSC1. The lowest BCUT2D eigenvalue weighted by molar-refractivity contribution is 0.420. The third-order valence-electron chi connectivity index (χ3n) is 3.96. The molecular formula is C16H20N2S. The van der Waals surface area contributed by atoms with Crippen LogP contribution in [0.2, 0.25) is 0 Å². The number of fused-ring (bicyclic) bond motifs is 1. The molecule has 3 heteroatoms. The minimum Gasteiger partial charge on any atom is -0.313 e. The number of aromatic nitrogens is 1. The van der Waals surface area contributed by atoms with Gasteiger partial charge in [0.05, 0.1) is 5.52 Å². The molecule has 1 N–H and O–H groups in total. The summed E-state index contributed by atoms with van der Waals surface area (Å²) >= 11 is 2.07. The molecule has 0 aliphatic carbocycles. The molecule has 19 heavy (non-hydrogen) atoms. The summed E-state index contributed by atoms with van der Waals surface area (Å²) in [5.41, 5.74) is 3.57. The monoisotopic (exact) mass is 272 g/mol. The van der Waals surface area contributed by atoms with Crippen molar-refractivity contribution < 1.29 is 0 Å². The highest BCUT2D eigenvalue weighted by Gasteiger charge is 2.25. The standard InChI is InChI=1S/C16H20N2S/c1-11-3-4-12-9-13(5-6-15(12)18-11)16(17-2)14-7-8-19-10-14/h3-6,9,14,16-17H,7-8,10H2,1-2H3. The van der Waals surface area contributed by atoms with Gasteiger partial charge in [-0.2, -0.15) is 11.8 Å². The molecular weight excluding hydrogens is 252 g/mol. The number of nitrogens with one attached hydrogen (secondary N) is 1. The number of rotatable bonds is 3. The van der Waals surface area contributed by atoms with Gasteiger partial charge in [-0.1, -0.05) is 12.1 Å². The smallest absolute Gasteiger partial charge is 0.0705 e. The zero-order valence-corrected chi connectivity index (χ0v) is 12.3. The maximum Gasteiger partial charge on any atom is 0.0705 e. The number of hydrogen-bond acceptors (Lipinski definition) is 3. The summed E-state index contributed by atoms with van der Waals surface area (Å²) in [5.74, 6) is 3.33. The Balaban J connectivity index is 1.96. The topological polar surface area (TPSA) is 24.9 Å². The van der Waals surface area contributed by atoms with Gasteiger partial charge in [0.25, 0.3) is 0 Å². The van der Waals surface area contributed by atoms with Crippen molar-refractivity contribution in [3.8, 4) is 0 Å². The molecule has 2 nitrogen and oxygen atoms in total. The first-order valence-corrected chi connectivity index (χ1v) is 8.06. The Labute approximate surface area is 119 Å². The molecule has 0 amide bonds. The van der Waals surface area contributed by atoms with Gasteiger partial charge in [-0.05, 0) is 61.6 Å². The van der Waals surface area contributed by atoms with E-state index >= 15 is 0 Å². The maximum absolute atomic E-state index is 4.57. The molecule has 2 heterocycles. The second kappa shape index (κ2) is 5.51. The molecule has 100 valence electrons. The third-order valence-corrected chi connectivity index (χ3v) is 5.15. The van der Waals surface area contributed by atoms with Crippen molar-refractivity contribution >= 4 is 22.7 Å². The number of hydrogen-bond donors (Lipinski definition) is 1. The molecule has 0 saturated carbocycles. The second-order valence-electron chi connectivity index (χ2n) is 5.29. The zero-order valence-electron chi connectivity index (χ0n) is 11.5. The fourth-order valence-corrected chi connectivity index (χ4v) is 4.23. The van der Waals surface area contributed by atoms with Gasteiger partial charge >= 0.3 is 0 Å². The Bertz CT molecular complexity index is 576. The zero-order chi connectivity index (χ0) is 13.2. The normalized spacial score (nSPS) is 20.8. The highest BCUT2D eigenvalue weighted by Crippen LogP contribution is 2.34. The molecule has 2 atom stereocenters. The molecule has 0 spiro atoms. The number of pyridine rings is 1. The van der Waals surface area contributed by atoms with Crippen LogP contribution in [-0.2, 0) is 0 Å². The second-order valence-corrected chi connectivity index (χ2v) is 6.44. The van der Waals surface area contributed by atoms with Crippen molar-refractivity contribution in [2.24, 2.45) is 5.92 Å². The van der Waals surface area contributed by atoms with Crippen LogP contribution in [0.15, 0.2) is 30.3 Å². The van der Waals surface area contributed by atoms with Gasteiger partial charge in [-0.3, -0.25) is 4.98 Å². The number of benzene rings is 1. The van der Waals surface area contributed by atoms with E-state index in [-0.39, 0.29) is 0 Å². The van der Waals surface area contributed by atoms with Crippen molar-refractivity contribution in [2.45, 2.75) is 19.4 Å². The van der Waals surface area contributed by atoms with Gasteiger partial charge in [0.1, 0.15) is 0 Å². The van der Waals surface area contributed by atoms with E-state index in [1.165, 1.54) is 28.9 Å². The molecule has 1 fully saturated rings. The minimum atomic E-state index is 0.473. The molecule has 1 aliphatic rings. The van der Waals surface area contributed by atoms with Gasteiger partial charge in [0.15, 0.2) is 0 Å². The Morgan fingerprint density at radius 3 is 2.95 bits per heavy atom. The lowest BCUT2D eigenvalue weighted by Crippen LogP contribution is -2.25. The summed E-state index contributed by atoms with van der Waals surface area (Å²) in [6.07, 6.45) is 1.32. The summed E-state index contributed by atoms with van der Waals surface area (Å²) < 4.78 is 0. The average Bonchev–Trinajstić information content (AvgIpc) is 2.93. The predicted octanol–water partition coefficient (Wildman–Crippen LogP) is 3.56. The molecule has 2 aromatic rings. The van der Waals surface area contributed by atoms with Gasteiger partial charge < -0.3 is 5.32 Å². The summed E-state index contributed by atoms with van der Waals surface area (Å²) in [6, 6.07) is 11.4. The van der Waals surface area contributed by atoms with E-state index in [9.17, 15) is 0 Å². The van der Waals surface area contributed by atoms with Gasteiger partial charge in [0.2, 0.25) is 0 Å². The molecule has 0 radical (unpaired) electrons. The number of thioether (sulfide) groups is 1. The van der Waals surface area contributed by atoms with Crippen LogP contribution >= 0.6 is 11.8 Å². The van der Waals surface area contributed by atoms with E-state index in [1.807, 2.05) is 6.92 Å². The van der Waals surface area contributed by atoms with Crippen LogP contribution in [0.1, 0.15) is 23.7 Å². The van der Waals surface area contributed by atoms with Crippen molar-refractivity contribution in [3.63, 3.8) is 0 Å². The first kappa shape index (κ1) is 12.9. The van der Waals surface area contributed by atoms with Crippen LogP contribution < -0.4 is 5.32 Å². The van der Waals surface area contributed by atoms with Crippen molar-refractivity contribution in [3.05, 3.63) is 41.6 Å². The third kappa shape index (κ3) is 2.63. The van der Waals surface area contributed by atoms with E-state index in [4.69, 9.17) is 0 Å². The van der Waals surface area contributed by atoms with Crippen LogP contribution in [0.25, 0.3) is 10.9 Å². The minimum absolute atomic E-state index is 0.473. The fraction of sp³-hybridized carbons (Fsp3) is 0.438. The Kier molecular flexibility index (Phi) is 3.76. The fourth-order valence-electron chi connectivity index (χ4n) is 2.93. The molecule has 2 unspecified atom stereocenters. The van der Waals surface area contributed by atoms with Crippen LogP contribution in [0, 0.1) is 12.8 Å². The molecule has 1 aromatic heterocycles. The van der Waals surface area contributed by atoms with Crippen molar-refractivity contribution in [1.82, 2.24) is 10.3 Å². The molecule has 0 bridgehead atoms. The average molecular weight is 272 g/mol. The Morgan fingerprint density at radius 1 is 1.32 bits per heavy atom. The number of aryl methyl sites for hydroxylation is 1. The van der Waals surface area contributed by atoms with Crippen LogP contribution in [0.3, 0.4) is 0 Å². The molecule has 1 aromatic carbocycles. The summed E-state index contributed by atoms with van der Waals surface area (Å²) in [7, 11) is 2.07. The van der Waals surface area contributed by atoms with Crippen LogP contribution in [0.4, 0.5) is 0 Å². The molecule has 1 saturated heterocycles. The first-order valence-electron chi connectivity index (χ1n) is 6.90.